The van der Waals surface area contributed by atoms with Crippen LogP contribution >= 0.6 is 0 Å². The van der Waals surface area contributed by atoms with Crippen molar-refractivity contribution in [3.05, 3.63) is 22.6 Å². The second-order valence-corrected chi connectivity index (χ2v) is 6.48. The molecule has 0 spiro atoms. The molecule has 0 aromatic heterocycles. The van der Waals surface area contributed by atoms with E-state index < -0.39 is 53.4 Å². The van der Waals surface area contributed by atoms with E-state index in [9.17, 15) is 26.0 Å². The summed E-state index contributed by atoms with van der Waals surface area (Å²) >= 11 is 0. The molecule has 1 rings (SSSR count). The summed E-state index contributed by atoms with van der Waals surface area (Å²) in [6.07, 6.45) is -0.933. The van der Waals surface area contributed by atoms with Crippen molar-refractivity contribution in [3.8, 4) is 0 Å². The van der Waals surface area contributed by atoms with Gasteiger partial charge in [0.05, 0.1) is 16.2 Å². The second-order valence-electron chi connectivity index (χ2n) is 3.32. The van der Waals surface area contributed by atoms with Crippen molar-refractivity contribution < 1.29 is 31.1 Å². The van der Waals surface area contributed by atoms with Crippen molar-refractivity contribution in [1.29, 1.82) is 0 Å². The molecule has 0 bridgehead atoms. The van der Waals surface area contributed by atoms with E-state index in [1.54, 1.807) is 0 Å². The van der Waals surface area contributed by atoms with Gasteiger partial charge in [0.1, 0.15) is 4.86 Å². The Morgan fingerprint density at radius 2 is 2.00 bits per heavy atom. The molecular weight excluding hydrogens is 287 g/mol. The molecule has 1 N–H and O–H groups in total. The lowest BCUT2D eigenvalue weighted by Crippen LogP contribution is -2.31. The fourth-order valence-electron chi connectivity index (χ4n) is 1.36. The maximum Gasteiger partial charge on any atom is 0.334 e. The predicted molar refractivity (Wildman–Crippen MR) is 62.1 cm³/mol. The van der Waals surface area contributed by atoms with Crippen LogP contribution in [0.1, 0.15) is 6.92 Å². The van der Waals surface area contributed by atoms with Crippen molar-refractivity contribution in [2.45, 2.75) is 13.1 Å². The van der Waals surface area contributed by atoms with Crippen LogP contribution in [0.5, 0.6) is 0 Å². The first-order valence-corrected chi connectivity index (χ1v) is 7.43. The minimum Gasteiger partial charge on any atom is -0.478 e. The topological polar surface area (TPSA) is 106 Å². The molecule has 1 atom stereocenters. The Kier molecular flexibility index (Phi) is 4.07. The van der Waals surface area contributed by atoms with Gasteiger partial charge in [-0.1, -0.05) is 6.92 Å². The number of alkyl halides is 1. The summed E-state index contributed by atoms with van der Waals surface area (Å²) in [7, 11) is -7.10. The van der Waals surface area contributed by atoms with E-state index in [0.717, 1.165) is 12.2 Å². The summed E-state index contributed by atoms with van der Waals surface area (Å²) in [4.78, 5) is 8.90. The van der Waals surface area contributed by atoms with Crippen molar-refractivity contribution in [2.24, 2.45) is 0 Å². The molecule has 0 aromatic carbocycles. The van der Waals surface area contributed by atoms with Crippen molar-refractivity contribution >= 4 is 31.0 Å². The second kappa shape index (κ2) is 5.02. The van der Waals surface area contributed by atoms with E-state index >= 15 is 0 Å². The van der Waals surface area contributed by atoms with Gasteiger partial charge in [0.15, 0.2) is 16.0 Å². The average Bonchev–Trinajstić information content (AvgIpc) is 2.27. The molecule has 100 valence electrons. The Labute approximate surface area is 104 Å². The molecule has 6 nitrogen and oxygen atoms in total. The first-order chi connectivity index (χ1) is 8.22. The van der Waals surface area contributed by atoms with Crippen LogP contribution in [0.3, 0.4) is 0 Å². The molecule has 0 amide bonds. The van der Waals surface area contributed by atoms with Crippen LogP contribution < -0.4 is 0 Å². The van der Waals surface area contributed by atoms with Gasteiger partial charge in [-0.3, -0.25) is 0 Å². The SMILES string of the molecule is CCS(=O)(=O)C1=CC=C(C(=O)O)C(F)C1=S(=O)=O. The van der Waals surface area contributed by atoms with Gasteiger partial charge in [-0.05, 0) is 12.2 Å². The molecule has 0 aliphatic heterocycles. The third-order valence-corrected chi connectivity index (χ3v) is 5.00. The first kappa shape index (κ1) is 14.6. The Morgan fingerprint density at radius 1 is 1.44 bits per heavy atom. The zero-order chi connectivity index (χ0) is 14.1. The number of carboxylic acid groups (broad SMARTS) is 1. The molecule has 0 heterocycles. The third kappa shape index (κ3) is 2.51. The summed E-state index contributed by atoms with van der Waals surface area (Å²) in [6, 6.07) is 0. The van der Waals surface area contributed by atoms with Crippen LogP contribution in [-0.4, -0.2) is 44.7 Å². The first-order valence-electron chi connectivity index (χ1n) is 4.70. The van der Waals surface area contributed by atoms with Gasteiger partial charge in [-0.15, -0.1) is 0 Å². The maximum absolute atomic E-state index is 13.7. The van der Waals surface area contributed by atoms with Gasteiger partial charge in [-0.2, -0.15) is 8.42 Å². The van der Waals surface area contributed by atoms with E-state index in [0.29, 0.717) is 0 Å². The minimum atomic E-state index is -3.94. The molecule has 0 saturated heterocycles. The highest BCUT2D eigenvalue weighted by Gasteiger charge is 2.36. The monoisotopic (exact) mass is 296 g/mol. The fourth-order valence-corrected chi connectivity index (χ4v) is 3.47. The quantitative estimate of drug-likeness (QED) is 0.718. The van der Waals surface area contributed by atoms with E-state index in [2.05, 4.69) is 0 Å². The third-order valence-electron chi connectivity index (χ3n) is 2.30. The number of hydrogen-bond donors (Lipinski definition) is 1. The highest BCUT2D eigenvalue weighted by atomic mass is 32.2. The lowest BCUT2D eigenvalue weighted by atomic mass is 10.0. The smallest absolute Gasteiger partial charge is 0.334 e. The summed E-state index contributed by atoms with van der Waals surface area (Å²) in [5.41, 5.74) is -0.816. The van der Waals surface area contributed by atoms with Gasteiger partial charge >= 0.3 is 5.97 Å². The number of carboxylic acids is 1. The molecule has 1 aliphatic carbocycles. The molecule has 0 radical (unpaired) electrons. The zero-order valence-electron chi connectivity index (χ0n) is 9.12. The number of allylic oxidation sites excluding steroid dienone is 3. The lowest BCUT2D eigenvalue weighted by molar-refractivity contribution is -0.133. The number of aliphatic carboxylic acids is 1. The molecule has 1 unspecified atom stereocenters. The molecule has 0 aromatic rings. The van der Waals surface area contributed by atoms with Gasteiger partial charge in [0.2, 0.25) is 10.3 Å². The van der Waals surface area contributed by atoms with E-state index in [-0.39, 0.29) is 0 Å². The molecule has 9 heteroatoms. The van der Waals surface area contributed by atoms with Gasteiger partial charge in [0.25, 0.3) is 0 Å². The summed E-state index contributed by atoms with van der Waals surface area (Å²) in [5, 5.41) is 8.65. The highest BCUT2D eigenvalue weighted by Crippen LogP contribution is 2.23. The van der Waals surface area contributed by atoms with E-state index in [1.807, 2.05) is 0 Å². The van der Waals surface area contributed by atoms with Crippen molar-refractivity contribution in [3.63, 3.8) is 0 Å². The van der Waals surface area contributed by atoms with Gasteiger partial charge in [-0.25, -0.2) is 17.6 Å². The van der Waals surface area contributed by atoms with Crippen LogP contribution in [0, 0.1) is 0 Å². The van der Waals surface area contributed by atoms with Crippen LogP contribution in [0.4, 0.5) is 4.39 Å². The molecule has 1 aliphatic rings. The van der Waals surface area contributed by atoms with Gasteiger partial charge in [0, 0.05) is 0 Å². The molecule has 0 saturated carbocycles. The number of carbonyl (C=O) groups is 1. The minimum absolute atomic E-state index is 0.414. The van der Waals surface area contributed by atoms with Crippen LogP contribution in [0.25, 0.3) is 0 Å². The van der Waals surface area contributed by atoms with E-state index in [1.165, 1.54) is 6.92 Å². The Hall–Kier alpha value is -1.48. The normalized spacial score (nSPS) is 20.1. The van der Waals surface area contributed by atoms with Crippen molar-refractivity contribution in [1.82, 2.24) is 0 Å². The number of halogens is 1. The largest absolute Gasteiger partial charge is 0.478 e. The maximum atomic E-state index is 13.7. The number of hydrogen-bond acceptors (Lipinski definition) is 5. The van der Waals surface area contributed by atoms with Crippen LogP contribution in [-0.2, 0) is 24.9 Å². The Balaban J connectivity index is 3.62. The predicted octanol–water partition coefficient (Wildman–Crippen LogP) is -0.281. The summed E-state index contributed by atoms with van der Waals surface area (Å²) < 4.78 is 58.7. The van der Waals surface area contributed by atoms with Gasteiger partial charge < -0.3 is 5.11 Å². The Morgan fingerprint density at radius 3 is 2.39 bits per heavy atom. The lowest BCUT2D eigenvalue weighted by Gasteiger charge is -2.16. The zero-order valence-corrected chi connectivity index (χ0v) is 10.8. The highest BCUT2D eigenvalue weighted by molar-refractivity contribution is 7.97. The standard InChI is InChI=1S/C9H9FO6S2/c1-2-18(15,16)6-4-3-5(9(11)12)7(10)8(6)17(13)14/h3-4,7H,2H2,1H3,(H,11,12). The van der Waals surface area contributed by atoms with E-state index in [4.69, 9.17) is 5.11 Å². The van der Waals surface area contributed by atoms with Crippen molar-refractivity contribution in [2.75, 3.05) is 5.75 Å². The summed E-state index contributed by atoms with van der Waals surface area (Å²) in [5.74, 6) is -2.06. The summed E-state index contributed by atoms with van der Waals surface area (Å²) in [6.45, 7) is 1.27. The molecule has 18 heavy (non-hydrogen) atoms. The number of rotatable bonds is 3. The van der Waals surface area contributed by atoms with Crippen LogP contribution in [0.15, 0.2) is 22.6 Å². The molecule has 0 fully saturated rings. The fraction of sp³-hybridized carbons (Fsp3) is 0.333. The number of sulfone groups is 1. The van der Waals surface area contributed by atoms with Crippen LogP contribution in [0.2, 0.25) is 0 Å². The average molecular weight is 296 g/mol. The molecular formula is C9H9FO6S2. The Bertz CT molecular complexity index is 673.